The van der Waals surface area contributed by atoms with Gasteiger partial charge in [-0.05, 0) is 55.9 Å². The summed E-state index contributed by atoms with van der Waals surface area (Å²) >= 11 is 9.49. The van der Waals surface area contributed by atoms with Crippen LogP contribution in [0.25, 0.3) is 0 Å². The van der Waals surface area contributed by atoms with Crippen LogP contribution in [-0.4, -0.2) is 7.05 Å². The molecule has 0 aromatic heterocycles. The number of benzene rings is 2. The molecule has 0 saturated heterocycles. The number of hydrogen-bond acceptors (Lipinski definition) is 2. The lowest BCUT2D eigenvalue weighted by atomic mass is 10.2. The molecule has 0 atom stereocenters. The Balaban J connectivity index is 2.29. The molecule has 0 radical (unpaired) electrons. The predicted molar refractivity (Wildman–Crippen MR) is 83.2 cm³/mol. The summed E-state index contributed by atoms with van der Waals surface area (Å²) in [5.74, 6) is 1.64. The molecule has 2 aromatic carbocycles. The molecule has 2 nitrogen and oxygen atoms in total. The van der Waals surface area contributed by atoms with Crippen molar-refractivity contribution in [3.8, 4) is 11.5 Å². The van der Waals surface area contributed by atoms with Gasteiger partial charge in [-0.25, -0.2) is 0 Å². The number of aryl methyl sites for hydroxylation is 1. The van der Waals surface area contributed by atoms with Gasteiger partial charge in [0.1, 0.15) is 11.5 Å². The van der Waals surface area contributed by atoms with Gasteiger partial charge >= 0.3 is 0 Å². The Labute approximate surface area is 126 Å². The zero-order valence-corrected chi connectivity index (χ0v) is 13.2. The summed E-state index contributed by atoms with van der Waals surface area (Å²) in [7, 11) is 1.90. The molecule has 100 valence electrons. The highest BCUT2D eigenvalue weighted by molar-refractivity contribution is 9.10. The molecule has 0 spiro atoms. The Bertz CT molecular complexity index is 586. The fraction of sp³-hybridized carbons (Fsp3) is 0.200. The molecule has 2 rings (SSSR count). The fourth-order valence-corrected chi connectivity index (χ4v) is 2.23. The summed E-state index contributed by atoms with van der Waals surface area (Å²) in [6, 6.07) is 11.6. The highest BCUT2D eigenvalue weighted by Gasteiger charge is 2.06. The van der Waals surface area contributed by atoms with Crippen molar-refractivity contribution in [2.45, 2.75) is 13.5 Å². The van der Waals surface area contributed by atoms with E-state index in [4.69, 9.17) is 16.3 Å². The van der Waals surface area contributed by atoms with E-state index >= 15 is 0 Å². The van der Waals surface area contributed by atoms with Crippen LogP contribution >= 0.6 is 27.5 Å². The summed E-state index contributed by atoms with van der Waals surface area (Å²) in [6.07, 6.45) is 0. The molecule has 0 unspecified atom stereocenters. The van der Waals surface area contributed by atoms with Gasteiger partial charge in [0.15, 0.2) is 0 Å². The van der Waals surface area contributed by atoms with Gasteiger partial charge in [0.05, 0.1) is 0 Å². The van der Waals surface area contributed by atoms with Crippen molar-refractivity contribution in [1.82, 2.24) is 5.32 Å². The maximum Gasteiger partial charge on any atom is 0.132 e. The van der Waals surface area contributed by atoms with Gasteiger partial charge in [-0.3, -0.25) is 0 Å². The molecule has 0 amide bonds. The predicted octanol–water partition coefficient (Wildman–Crippen LogP) is 4.92. The minimum atomic E-state index is 0.713. The van der Waals surface area contributed by atoms with E-state index in [1.54, 1.807) is 0 Å². The SMILES string of the molecule is CNCc1cc(Cl)ccc1Oc1ccc(Br)c(C)c1. The van der Waals surface area contributed by atoms with Crippen molar-refractivity contribution in [3.63, 3.8) is 0 Å². The van der Waals surface area contributed by atoms with E-state index in [1.807, 2.05) is 50.4 Å². The Kier molecular flexibility index (Phi) is 4.86. The highest BCUT2D eigenvalue weighted by atomic mass is 79.9. The largest absolute Gasteiger partial charge is 0.457 e. The topological polar surface area (TPSA) is 21.3 Å². The Hall–Kier alpha value is -1.03. The van der Waals surface area contributed by atoms with Crippen molar-refractivity contribution < 1.29 is 4.74 Å². The van der Waals surface area contributed by atoms with Crippen LogP contribution in [0.1, 0.15) is 11.1 Å². The first-order valence-electron chi connectivity index (χ1n) is 5.97. The lowest BCUT2D eigenvalue weighted by Crippen LogP contribution is -2.06. The third-order valence-electron chi connectivity index (χ3n) is 2.75. The second-order valence-electron chi connectivity index (χ2n) is 4.30. The van der Waals surface area contributed by atoms with Crippen molar-refractivity contribution in [1.29, 1.82) is 0 Å². The number of ether oxygens (including phenoxy) is 1. The van der Waals surface area contributed by atoms with E-state index in [-0.39, 0.29) is 0 Å². The molecule has 0 heterocycles. The van der Waals surface area contributed by atoms with Crippen molar-refractivity contribution in [3.05, 3.63) is 57.0 Å². The molecule has 19 heavy (non-hydrogen) atoms. The van der Waals surface area contributed by atoms with E-state index in [0.717, 1.165) is 27.1 Å². The third kappa shape index (κ3) is 3.72. The number of rotatable bonds is 4. The Morgan fingerprint density at radius 1 is 1.21 bits per heavy atom. The highest BCUT2D eigenvalue weighted by Crippen LogP contribution is 2.30. The van der Waals surface area contributed by atoms with Crippen LogP contribution in [0.5, 0.6) is 11.5 Å². The minimum Gasteiger partial charge on any atom is -0.457 e. The zero-order valence-electron chi connectivity index (χ0n) is 10.8. The van der Waals surface area contributed by atoms with Gasteiger partial charge in [-0.15, -0.1) is 0 Å². The first-order valence-corrected chi connectivity index (χ1v) is 7.14. The normalized spacial score (nSPS) is 10.5. The molecule has 0 saturated carbocycles. The van der Waals surface area contributed by atoms with Gasteiger partial charge in [-0.2, -0.15) is 0 Å². The molecule has 1 N–H and O–H groups in total. The first-order chi connectivity index (χ1) is 9.10. The van der Waals surface area contributed by atoms with Gasteiger partial charge in [0.2, 0.25) is 0 Å². The van der Waals surface area contributed by atoms with E-state index in [1.165, 1.54) is 0 Å². The van der Waals surface area contributed by atoms with Crippen LogP contribution in [0.4, 0.5) is 0 Å². The van der Waals surface area contributed by atoms with E-state index < -0.39 is 0 Å². The van der Waals surface area contributed by atoms with Gasteiger partial charge < -0.3 is 10.1 Å². The van der Waals surface area contributed by atoms with Crippen LogP contribution in [0.2, 0.25) is 5.02 Å². The number of nitrogens with one attached hydrogen (secondary N) is 1. The van der Waals surface area contributed by atoms with Crippen LogP contribution in [0, 0.1) is 6.92 Å². The van der Waals surface area contributed by atoms with Crippen LogP contribution < -0.4 is 10.1 Å². The maximum absolute atomic E-state index is 6.01. The molecule has 0 aliphatic rings. The van der Waals surface area contributed by atoms with E-state index in [2.05, 4.69) is 21.2 Å². The molecule has 4 heteroatoms. The fourth-order valence-electron chi connectivity index (χ4n) is 1.78. The lowest BCUT2D eigenvalue weighted by Gasteiger charge is -2.12. The Morgan fingerprint density at radius 2 is 2.00 bits per heavy atom. The smallest absolute Gasteiger partial charge is 0.132 e. The second kappa shape index (κ2) is 6.42. The van der Waals surface area contributed by atoms with E-state index in [9.17, 15) is 0 Å². The van der Waals surface area contributed by atoms with Crippen LogP contribution in [-0.2, 0) is 6.54 Å². The summed E-state index contributed by atoms with van der Waals surface area (Å²) in [5.41, 5.74) is 2.18. The summed E-state index contributed by atoms with van der Waals surface area (Å²) in [4.78, 5) is 0. The van der Waals surface area contributed by atoms with Gasteiger partial charge in [0.25, 0.3) is 0 Å². The van der Waals surface area contributed by atoms with Gasteiger partial charge in [-0.1, -0.05) is 27.5 Å². The molecule has 2 aromatic rings. The first kappa shape index (κ1) is 14.4. The maximum atomic E-state index is 6.01. The summed E-state index contributed by atoms with van der Waals surface area (Å²) in [5, 5.41) is 3.82. The molecular weight excluding hydrogens is 326 g/mol. The third-order valence-corrected chi connectivity index (χ3v) is 3.87. The monoisotopic (exact) mass is 339 g/mol. The Morgan fingerprint density at radius 3 is 2.68 bits per heavy atom. The van der Waals surface area contributed by atoms with Gasteiger partial charge in [0, 0.05) is 21.6 Å². The second-order valence-corrected chi connectivity index (χ2v) is 5.59. The molecule has 0 bridgehead atoms. The quantitative estimate of drug-likeness (QED) is 0.852. The van der Waals surface area contributed by atoms with Crippen molar-refractivity contribution in [2.24, 2.45) is 0 Å². The van der Waals surface area contributed by atoms with Crippen molar-refractivity contribution >= 4 is 27.5 Å². The molecule has 0 fully saturated rings. The van der Waals surface area contributed by atoms with Crippen LogP contribution in [0.15, 0.2) is 40.9 Å². The number of hydrogen-bond donors (Lipinski definition) is 1. The average molecular weight is 341 g/mol. The van der Waals surface area contributed by atoms with Crippen molar-refractivity contribution in [2.75, 3.05) is 7.05 Å². The molecular formula is C15H15BrClNO. The standard InChI is InChI=1S/C15H15BrClNO/c1-10-7-13(4-5-14(10)16)19-15-6-3-12(17)8-11(15)9-18-2/h3-8,18H,9H2,1-2H3. The summed E-state index contributed by atoms with van der Waals surface area (Å²) < 4.78 is 7.01. The average Bonchev–Trinajstić information content (AvgIpc) is 2.37. The summed E-state index contributed by atoms with van der Waals surface area (Å²) in [6.45, 7) is 2.75. The number of halogens is 2. The zero-order chi connectivity index (χ0) is 13.8. The van der Waals surface area contributed by atoms with Crippen LogP contribution in [0.3, 0.4) is 0 Å². The van der Waals surface area contributed by atoms with E-state index in [0.29, 0.717) is 11.6 Å². The molecule has 0 aliphatic heterocycles. The minimum absolute atomic E-state index is 0.713. The molecule has 0 aliphatic carbocycles. The lowest BCUT2D eigenvalue weighted by molar-refractivity contribution is 0.474.